The topological polar surface area (TPSA) is 88.1 Å². The van der Waals surface area contributed by atoms with Crippen molar-refractivity contribution < 1.29 is 22.8 Å². The van der Waals surface area contributed by atoms with Gasteiger partial charge in [0.2, 0.25) is 5.91 Å². The second-order valence-corrected chi connectivity index (χ2v) is 8.25. The minimum absolute atomic E-state index is 0.0844. The quantitative estimate of drug-likeness (QED) is 0.640. The van der Waals surface area contributed by atoms with Crippen LogP contribution in [0.15, 0.2) is 49.1 Å². The van der Waals surface area contributed by atoms with Gasteiger partial charge in [-0.1, -0.05) is 12.1 Å². The summed E-state index contributed by atoms with van der Waals surface area (Å²) in [5.74, 6) is -0.549. The van der Waals surface area contributed by atoms with Gasteiger partial charge in [0.25, 0.3) is 5.91 Å². The molecule has 3 aromatic rings. The zero-order chi connectivity index (χ0) is 24.0. The molecule has 0 spiro atoms. The van der Waals surface area contributed by atoms with E-state index in [0.29, 0.717) is 11.5 Å². The van der Waals surface area contributed by atoms with Crippen molar-refractivity contribution in [2.45, 2.75) is 32.4 Å². The van der Waals surface area contributed by atoms with Crippen LogP contribution in [-0.4, -0.2) is 39.5 Å². The first-order chi connectivity index (χ1) is 15.5. The first kappa shape index (κ1) is 22.4. The van der Waals surface area contributed by atoms with Crippen LogP contribution in [-0.2, 0) is 10.2 Å². The lowest BCUT2D eigenvalue weighted by Crippen LogP contribution is -2.34. The van der Waals surface area contributed by atoms with E-state index in [1.807, 2.05) is 23.5 Å². The smallest absolute Gasteiger partial charge is 0.343 e. The maximum Gasteiger partial charge on any atom is 0.405 e. The zero-order valence-electron chi connectivity index (χ0n) is 18.1. The molecule has 0 atom stereocenters. The van der Waals surface area contributed by atoms with Gasteiger partial charge in [-0.3, -0.25) is 19.5 Å². The predicted octanol–water partition coefficient (Wildman–Crippen LogP) is 4.10. The Kier molecular flexibility index (Phi) is 5.39. The molecule has 0 fully saturated rings. The maximum atomic E-state index is 13.3. The van der Waals surface area contributed by atoms with Gasteiger partial charge >= 0.3 is 6.18 Å². The van der Waals surface area contributed by atoms with E-state index in [1.54, 1.807) is 33.2 Å². The normalized spacial score (nSPS) is 14.8. The lowest BCUT2D eigenvalue weighted by molar-refractivity contribution is -0.123. The van der Waals surface area contributed by atoms with Gasteiger partial charge in [-0.15, -0.1) is 0 Å². The van der Waals surface area contributed by atoms with Gasteiger partial charge in [0.05, 0.1) is 28.6 Å². The molecule has 1 aliphatic heterocycles. The molecule has 1 N–H and O–H groups in total. The Morgan fingerprint density at radius 2 is 1.76 bits per heavy atom. The fourth-order valence-corrected chi connectivity index (χ4v) is 3.68. The number of aromatic nitrogens is 3. The molecule has 10 heteroatoms. The Morgan fingerprint density at radius 3 is 2.42 bits per heavy atom. The molecule has 33 heavy (non-hydrogen) atoms. The number of aryl methyl sites for hydroxylation is 1. The molecule has 2 amide bonds. The average molecular weight is 455 g/mol. The van der Waals surface area contributed by atoms with Crippen LogP contribution < -0.4 is 10.2 Å². The largest absolute Gasteiger partial charge is 0.405 e. The van der Waals surface area contributed by atoms with Gasteiger partial charge < -0.3 is 5.32 Å². The Hall–Kier alpha value is -3.82. The number of halogens is 3. The van der Waals surface area contributed by atoms with Crippen molar-refractivity contribution >= 4 is 23.2 Å². The van der Waals surface area contributed by atoms with E-state index in [2.05, 4.69) is 15.0 Å². The lowest BCUT2D eigenvalue weighted by Gasteiger charge is -2.21. The highest BCUT2D eigenvalue weighted by Crippen LogP contribution is 2.46. The molecule has 1 aromatic carbocycles. The average Bonchev–Trinajstić information content (AvgIpc) is 2.97. The Balaban J connectivity index is 1.74. The summed E-state index contributed by atoms with van der Waals surface area (Å²) < 4.78 is 37.4. The molecule has 0 aliphatic carbocycles. The van der Waals surface area contributed by atoms with Crippen molar-refractivity contribution in [1.29, 1.82) is 0 Å². The Bertz CT molecular complexity index is 1240. The number of carbonyl (C=O) groups excluding carboxylic acids is 2. The van der Waals surface area contributed by atoms with Crippen molar-refractivity contribution in [2.24, 2.45) is 0 Å². The molecule has 0 bridgehead atoms. The molecule has 0 unspecified atom stereocenters. The number of pyridine rings is 1. The number of hydrogen-bond donors (Lipinski definition) is 1. The second kappa shape index (κ2) is 7.95. The summed E-state index contributed by atoms with van der Waals surface area (Å²) in [5.41, 5.74) is 2.26. The number of anilines is 2. The number of carbonyl (C=O) groups is 2. The van der Waals surface area contributed by atoms with Crippen molar-refractivity contribution in [3.63, 3.8) is 0 Å². The Morgan fingerprint density at radius 1 is 1.06 bits per heavy atom. The number of benzene rings is 1. The number of hydrogen-bond acceptors (Lipinski definition) is 5. The van der Waals surface area contributed by atoms with Crippen molar-refractivity contribution in [3.05, 3.63) is 66.0 Å². The third kappa shape index (κ3) is 4.28. The van der Waals surface area contributed by atoms with E-state index in [-0.39, 0.29) is 17.2 Å². The van der Waals surface area contributed by atoms with Crippen LogP contribution in [0.3, 0.4) is 0 Å². The highest BCUT2D eigenvalue weighted by molar-refractivity contribution is 6.13. The van der Waals surface area contributed by atoms with E-state index < -0.39 is 24.0 Å². The molecular weight excluding hydrogens is 435 g/mol. The molecule has 4 rings (SSSR count). The highest BCUT2D eigenvalue weighted by Gasteiger charge is 2.45. The van der Waals surface area contributed by atoms with Crippen molar-refractivity contribution in [2.75, 3.05) is 11.4 Å². The third-order valence-corrected chi connectivity index (χ3v) is 5.46. The van der Waals surface area contributed by atoms with E-state index in [0.717, 1.165) is 22.9 Å². The van der Waals surface area contributed by atoms with Crippen LogP contribution in [0.5, 0.6) is 0 Å². The molecule has 2 aromatic heterocycles. The predicted molar refractivity (Wildman–Crippen MR) is 115 cm³/mol. The summed E-state index contributed by atoms with van der Waals surface area (Å²) in [6.07, 6.45) is 1.38. The lowest BCUT2D eigenvalue weighted by atomic mass is 9.85. The van der Waals surface area contributed by atoms with E-state index in [9.17, 15) is 22.8 Å². The Labute approximate surface area is 187 Å². The molecule has 0 saturated carbocycles. The van der Waals surface area contributed by atoms with Gasteiger partial charge in [-0.05, 0) is 44.0 Å². The fourth-order valence-electron chi connectivity index (χ4n) is 3.68. The van der Waals surface area contributed by atoms with Crippen LogP contribution in [0.1, 0.15) is 35.6 Å². The fraction of sp³-hybridized carbons (Fsp3) is 0.261. The summed E-state index contributed by atoms with van der Waals surface area (Å²) in [6, 6.07) is 6.91. The third-order valence-electron chi connectivity index (χ3n) is 5.46. The van der Waals surface area contributed by atoms with E-state index in [1.165, 1.54) is 17.2 Å². The first-order valence-corrected chi connectivity index (χ1v) is 10.1. The molecular formula is C23H20F3N5O2. The van der Waals surface area contributed by atoms with Crippen molar-refractivity contribution in [1.82, 2.24) is 20.3 Å². The molecule has 170 valence electrons. The van der Waals surface area contributed by atoms with Crippen LogP contribution >= 0.6 is 0 Å². The van der Waals surface area contributed by atoms with Gasteiger partial charge in [-0.25, -0.2) is 9.97 Å². The van der Waals surface area contributed by atoms with Gasteiger partial charge in [0.1, 0.15) is 12.4 Å². The van der Waals surface area contributed by atoms with E-state index in [4.69, 9.17) is 0 Å². The second-order valence-electron chi connectivity index (χ2n) is 8.25. The number of nitrogens with one attached hydrogen (secondary N) is 1. The number of fused-ring (bicyclic) bond motifs is 1. The molecule has 0 radical (unpaired) electrons. The molecule has 1 aliphatic rings. The monoisotopic (exact) mass is 455 g/mol. The van der Waals surface area contributed by atoms with Crippen LogP contribution in [0.4, 0.5) is 24.5 Å². The highest BCUT2D eigenvalue weighted by atomic mass is 19.4. The molecule has 0 saturated heterocycles. The van der Waals surface area contributed by atoms with Crippen LogP contribution in [0.25, 0.3) is 11.1 Å². The summed E-state index contributed by atoms with van der Waals surface area (Å²) in [4.78, 5) is 39.4. The zero-order valence-corrected chi connectivity index (χ0v) is 18.1. The molecule has 7 nitrogen and oxygen atoms in total. The van der Waals surface area contributed by atoms with E-state index >= 15 is 0 Å². The SMILES string of the molecule is Cc1ncc(-c2ccc3c(c2)N(c2cncc(C(=O)NCC(F)(F)F)c2)C(=O)C3(C)C)cn1. The standard InChI is InChI=1S/C23H20F3N5O2/c1-13-28-9-16(10-29-13)14-4-5-18-19(7-14)31(21(33)22(18,2)3)17-6-15(8-27-11-17)20(32)30-12-23(24,25)26/h4-11H,12H2,1-3H3,(H,30,32). The van der Waals surface area contributed by atoms with Crippen molar-refractivity contribution in [3.8, 4) is 11.1 Å². The van der Waals surface area contributed by atoms with Gasteiger partial charge in [0, 0.05) is 24.2 Å². The van der Waals surface area contributed by atoms with Crippen LogP contribution in [0.2, 0.25) is 0 Å². The van der Waals surface area contributed by atoms with Gasteiger partial charge in [-0.2, -0.15) is 13.2 Å². The number of rotatable bonds is 4. The minimum atomic E-state index is -4.54. The number of alkyl halides is 3. The first-order valence-electron chi connectivity index (χ1n) is 10.1. The number of amides is 2. The minimum Gasteiger partial charge on any atom is -0.343 e. The molecule has 3 heterocycles. The summed E-state index contributed by atoms with van der Waals surface area (Å²) in [7, 11) is 0. The summed E-state index contributed by atoms with van der Waals surface area (Å²) in [6.45, 7) is 3.89. The number of nitrogens with zero attached hydrogens (tertiary/aromatic N) is 4. The van der Waals surface area contributed by atoms with Gasteiger partial charge in [0.15, 0.2) is 0 Å². The summed E-state index contributed by atoms with van der Waals surface area (Å²) in [5, 5.41) is 1.82. The van der Waals surface area contributed by atoms with Crippen LogP contribution in [0, 0.1) is 6.92 Å². The summed E-state index contributed by atoms with van der Waals surface area (Å²) >= 11 is 0. The maximum absolute atomic E-state index is 13.3.